The Hall–Kier alpha value is -3.32. The molecule has 0 fully saturated rings. The number of rotatable bonds is 13. The van der Waals surface area contributed by atoms with Crippen molar-refractivity contribution in [3.05, 3.63) is 102 Å². The van der Waals surface area contributed by atoms with Crippen LogP contribution in [0.5, 0.6) is 0 Å². The zero-order chi connectivity index (χ0) is 28.4. The number of hydrogen-bond donors (Lipinski definition) is 1. The van der Waals surface area contributed by atoms with E-state index in [9.17, 15) is 20.1 Å². The molecule has 1 N–H and O–H groups in total. The largest absolute Gasteiger partial charge is 2.00 e. The van der Waals surface area contributed by atoms with Crippen molar-refractivity contribution in [3.63, 3.8) is 0 Å². The third-order valence-electron chi connectivity index (χ3n) is 6.65. The van der Waals surface area contributed by atoms with Crippen molar-refractivity contribution in [3.8, 4) is 0 Å². The molecule has 3 aromatic rings. The zero-order valence-electron chi connectivity index (χ0n) is 23.3. The van der Waals surface area contributed by atoms with Gasteiger partial charge in [-0.15, -0.1) is 0 Å². The molecule has 0 aromatic heterocycles. The molecule has 3 aromatic carbocycles. The molecule has 0 heterocycles. The van der Waals surface area contributed by atoms with Crippen LogP contribution >= 0.6 is 0 Å². The van der Waals surface area contributed by atoms with Crippen LogP contribution in [0, 0.1) is 0 Å². The summed E-state index contributed by atoms with van der Waals surface area (Å²) in [4.78, 5) is 23.8. The number of aliphatic carboxylic acids is 1. The summed E-state index contributed by atoms with van der Waals surface area (Å²) in [5, 5.41) is 35.4. The number of aliphatic hydroxyl groups is 1. The molecular weight excluding hydrogens is 549 g/mol. The third-order valence-corrected chi connectivity index (χ3v) is 6.65. The molecule has 0 spiro atoms. The van der Waals surface area contributed by atoms with Crippen molar-refractivity contribution in [1.29, 1.82) is 0 Å². The average molecular weight is 586 g/mol. The van der Waals surface area contributed by atoms with Crippen molar-refractivity contribution in [1.82, 2.24) is 4.90 Å². The molecule has 3 rings (SSSR count). The van der Waals surface area contributed by atoms with Gasteiger partial charge in [-0.1, -0.05) is 78.9 Å². The molecule has 0 unspecified atom stereocenters. The minimum atomic E-state index is -1.35. The first-order valence-electron chi connectivity index (χ1n) is 13.3. The summed E-state index contributed by atoms with van der Waals surface area (Å²) < 4.78 is 0. The number of carbonyl (C=O) groups is 1. The Labute approximate surface area is 247 Å². The van der Waals surface area contributed by atoms with Gasteiger partial charge in [-0.25, -0.2) is 0 Å². The molecule has 214 valence electrons. The first kappa shape index (κ1) is 32.9. The zero-order valence-corrected chi connectivity index (χ0v) is 24.3. The van der Waals surface area contributed by atoms with E-state index < -0.39 is 17.9 Å². The molecule has 40 heavy (non-hydrogen) atoms. The Morgan fingerprint density at radius 2 is 1.40 bits per heavy atom. The second-order valence-corrected chi connectivity index (χ2v) is 10.0. The van der Waals surface area contributed by atoms with Crippen LogP contribution in [0.1, 0.15) is 56.7 Å². The van der Waals surface area contributed by atoms with Gasteiger partial charge in [0.1, 0.15) is 0 Å². The van der Waals surface area contributed by atoms with E-state index in [0.717, 1.165) is 5.56 Å². The summed E-state index contributed by atoms with van der Waals surface area (Å²) in [6.45, 7) is 8.11. The number of benzene rings is 3. The summed E-state index contributed by atoms with van der Waals surface area (Å²) in [7, 11) is 0. The number of aliphatic imine (C=N–C) groups is 2. The number of nitrogens with zero attached hydrogens (tertiary/aromatic N) is 3. The number of carboxylic acid groups (broad SMARTS) is 1. The van der Waals surface area contributed by atoms with Crippen LogP contribution in [0.2, 0.25) is 0 Å². The Morgan fingerprint density at radius 3 is 1.95 bits per heavy atom. The third kappa shape index (κ3) is 8.85. The van der Waals surface area contributed by atoms with Gasteiger partial charge in [-0.3, -0.25) is 14.9 Å². The van der Waals surface area contributed by atoms with Gasteiger partial charge in [0.15, 0.2) is 0 Å². The number of hydrogen-bond acceptors (Lipinski definition) is 7. The van der Waals surface area contributed by atoms with Crippen LogP contribution in [0.3, 0.4) is 0 Å². The Balaban J connectivity index is 0.00000560. The van der Waals surface area contributed by atoms with Crippen LogP contribution in [0.25, 0.3) is 0 Å². The second-order valence-electron chi connectivity index (χ2n) is 10.0. The molecule has 8 heteroatoms. The van der Waals surface area contributed by atoms with E-state index in [2.05, 4.69) is 9.89 Å². The van der Waals surface area contributed by atoms with Crippen LogP contribution in [-0.4, -0.2) is 58.9 Å². The van der Waals surface area contributed by atoms with Crippen molar-refractivity contribution in [2.24, 2.45) is 9.98 Å². The molecule has 7 nitrogen and oxygen atoms in total. The Bertz CT molecular complexity index is 1260. The van der Waals surface area contributed by atoms with Crippen molar-refractivity contribution >= 4 is 23.3 Å². The van der Waals surface area contributed by atoms with Crippen molar-refractivity contribution < 1.29 is 36.6 Å². The van der Waals surface area contributed by atoms with E-state index >= 15 is 0 Å². The number of carbonyl (C=O) groups excluding carboxylic acids is 1. The fourth-order valence-corrected chi connectivity index (χ4v) is 4.75. The summed E-state index contributed by atoms with van der Waals surface area (Å²) in [5.41, 5.74) is 2.77. The normalized spacial score (nSPS) is 13.8. The molecule has 0 aliphatic heterocycles. The SMILES string of the molecule is CC(C)N(CC([O-])=Nc1ccccc1C(=N[C@H](C(=O)[O-])[C@@H](CCO)c1ccccc1)c1ccccc1)C(C)C.[Ni+2]. The molecule has 0 amide bonds. The van der Waals surface area contributed by atoms with Gasteiger partial charge in [-0.05, 0) is 51.6 Å². The predicted octanol–water partition coefficient (Wildman–Crippen LogP) is 3.32. The van der Waals surface area contributed by atoms with E-state index in [-0.39, 0.29) is 54.0 Å². The summed E-state index contributed by atoms with van der Waals surface area (Å²) in [5.74, 6) is -2.26. The quantitative estimate of drug-likeness (QED) is 0.188. The molecule has 0 saturated heterocycles. The molecule has 0 bridgehead atoms. The first-order chi connectivity index (χ1) is 18.7. The Kier molecular flexibility index (Phi) is 13.2. The van der Waals surface area contributed by atoms with E-state index in [0.29, 0.717) is 22.5 Å². The minimum Gasteiger partial charge on any atom is -0.861 e. The van der Waals surface area contributed by atoms with Crippen LogP contribution in [0.15, 0.2) is 94.9 Å². The minimum absolute atomic E-state index is 0. The Morgan fingerprint density at radius 1 is 0.850 bits per heavy atom. The van der Waals surface area contributed by atoms with Crippen LogP contribution < -0.4 is 10.2 Å². The molecule has 2 atom stereocenters. The maximum absolute atomic E-state index is 13.1. The van der Waals surface area contributed by atoms with Gasteiger partial charge in [0.2, 0.25) is 0 Å². The van der Waals surface area contributed by atoms with Gasteiger partial charge in [-0.2, -0.15) is 0 Å². The smallest absolute Gasteiger partial charge is 0.861 e. The molecule has 0 aliphatic carbocycles. The van der Waals surface area contributed by atoms with Gasteiger partial charge in [0, 0.05) is 42.3 Å². The molecule has 0 saturated carbocycles. The van der Waals surface area contributed by atoms with Gasteiger partial charge >= 0.3 is 16.5 Å². The maximum atomic E-state index is 13.1. The van der Waals surface area contributed by atoms with Crippen LogP contribution in [-0.2, 0) is 21.3 Å². The van der Waals surface area contributed by atoms with Gasteiger partial charge in [0.25, 0.3) is 0 Å². The maximum Gasteiger partial charge on any atom is 2.00 e. The van der Waals surface area contributed by atoms with Gasteiger partial charge in [0.05, 0.1) is 23.4 Å². The number of aliphatic hydroxyl groups excluding tert-OH is 1. The van der Waals surface area contributed by atoms with E-state index in [1.807, 2.05) is 94.4 Å². The van der Waals surface area contributed by atoms with E-state index in [4.69, 9.17) is 4.99 Å². The van der Waals surface area contributed by atoms with Crippen molar-refractivity contribution in [2.45, 2.75) is 58.2 Å². The van der Waals surface area contributed by atoms with E-state index in [1.165, 1.54) is 0 Å². The van der Waals surface area contributed by atoms with Crippen molar-refractivity contribution in [2.75, 3.05) is 13.2 Å². The van der Waals surface area contributed by atoms with Gasteiger partial charge < -0.3 is 20.1 Å². The first-order valence-corrected chi connectivity index (χ1v) is 13.3. The molecular formula is C32H37N3NiO4. The number of carboxylic acids is 1. The molecule has 0 radical (unpaired) electrons. The standard InChI is InChI=1S/C32H39N3O4.Ni/c1-22(2)35(23(3)4)21-29(37)33-28-18-12-11-17-27(28)30(25-15-9-6-10-16-25)34-31(32(38)39)26(19-20-36)24-13-7-5-8-14-24;/h5-18,22-23,26,31,36H,19-21H2,1-4H3,(H,33,37)(H,38,39);/q;+2/p-2/t26-,31-;/m0./s1. The topological polar surface area (TPSA) is 111 Å². The summed E-state index contributed by atoms with van der Waals surface area (Å²) in [6, 6.07) is 24.6. The summed E-state index contributed by atoms with van der Waals surface area (Å²) in [6.07, 6.45) is 0.193. The van der Waals surface area contributed by atoms with E-state index in [1.54, 1.807) is 18.2 Å². The second kappa shape index (κ2) is 16.1. The monoisotopic (exact) mass is 585 g/mol. The predicted molar refractivity (Wildman–Crippen MR) is 152 cm³/mol. The number of para-hydroxylation sites is 1. The fraction of sp³-hybridized carbons (Fsp3) is 0.344. The average Bonchev–Trinajstić information content (AvgIpc) is 2.92. The summed E-state index contributed by atoms with van der Waals surface area (Å²) >= 11 is 0. The van der Waals surface area contributed by atoms with Crippen LogP contribution in [0.4, 0.5) is 5.69 Å². The fourth-order valence-electron chi connectivity index (χ4n) is 4.75. The molecule has 0 aliphatic rings.